The Morgan fingerprint density at radius 2 is 2.07 bits per heavy atom. The Kier molecular flexibility index (Phi) is 3.72. The summed E-state index contributed by atoms with van der Waals surface area (Å²) >= 11 is 0. The predicted molar refractivity (Wildman–Crippen MR) is 59.7 cm³/mol. The molecule has 3 nitrogen and oxygen atoms in total. The molecule has 15 heavy (non-hydrogen) atoms. The molecule has 1 rings (SSSR count). The van der Waals surface area contributed by atoms with E-state index in [0.29, 0.717) is 13.0 Å². The van der Waals surface area contributed by atoms with Crippen molar-refractivity contribution in [3.63, 3.8) is 0 Å². The molecule has 0 bridgehead atoms. The molecule has 0 atom stereocenters. The first kappa shape index (κ1) is 11.6. The van der Waals surface area contributed by atoms with Crippen LogP contribution < -0.4 is 5.32 Å². The zero-order chi connectivity index (χ0) is 11.4. The van der Waals surface area contributed by atoms with Crippen LogP contribution in [0.1, 0.15) is 30.0 Å². The lowest BCUT2D eigenvalue weighted by atomic mass is 10.1. The molecule has 0 saturated heterocycles. The maximum absolute atomic E-state index is 11.1. The fraction of sp³-hybridized carbons (Fsp3) is 0.417. The number of nitrogens with one attached hydrogen (secondary N) is 1. The first-order valence-electron chi connectivity index (χ1n) is 5.10. The van der Waals surface area contributed by atoms with Gasteiger partial charge in [-0.05, 0) is 19.4 Å². The Hall–Kier alpha value is -1.51. The molecule has 1 aromatic carbocycles. The smallest absolute Gasteiger partial charge is 0.219 e. The van der Waals surface area contributed by atoms with Crippen molar-refractivity contribution >= 4 is 5.91 Å². The molecule has 0 aromatic heterocycles. The van der Waals surface area contributed by atoms with Gasteiger partial charge in [-0.2, -0.15) is 0 Å². The number of hydrogen-bond donors (Lipinski definition) is 2. The molecule has 0 aliphatic carbocycles. The highest BCUT2D eigenvalue weighted by Crippen LogP contribution is 2.23. The van der Waals surface area contributed by atoms with E-state index in [1.54, 1.807) is 6.92 Å². The van der Waals surface area contributed by atoms with Gasteiger partial charge in [0, 0.05) is 18.5 Å². The largest absolute Gasteiger partial charge is 0.507 e. The van der Waals surface area contributed by atoms with Gasteiger partial charge in [0.15, 0.2) is 0 Å². The van der Waals surface area contributed by atoms with Crippen LogP contribution >= 0.6 is 0 Å². The predicted octanol–water partition coefficient (Wildman–Crippen LogP) is 2.04. The third-order valence-corrected chi connectivity index (χ3v) is 2.32. The Labute approximate surface area is 90.1 Å². The van der Waals surface area contributed by atoms with Crippen LogP contribution in [0.4, 0.5) is 0 Å². The van der Waals surface area contributed by atoms with E-state index in [4.69, 9.17) is 0 Å². The van der Waals surface area contributed by atoms with Gasteiger partial charge in [-0.1, -0.05) is 24.6 Å². The van der Waals surface area contributed by atoms with Crippen LogP contribution in [-0.2, 0) is 11.3 Å². The van der Waals surface area contributed by atoms with Crippen LogP contribution in [0, 0.1) is 13.8 Å². The topological polar surface area (TPSA) is 49.3 Å². The van der Waals surface area contributed by atoms with E-state index in [2.05, 4.69) is 5.32 Å². The molecule has 0 aliphatic heterocycles. The molecule has 0 spiro atoms. The summed E-state index contributed by atoms with van der Waals surface area (Å²) in [5.41, 5.74) is 2.70. The third-order valence-electron chi connectivity index (χ3n) is 2.32. The number of hydrogen-bond acceptors (Lipinski definition) is 2. The van der Waals surface area contributed by atoms with Gasteiger partial charge in [-0.15, -0.1) is 0 Å². The second-order valence-corrected chi connectivity index (χ2v) is 3.72. The second-order valence-electron chi connectivity index (χ2n) is 3.72. The molecule has 1 aromatic rings. The van der Waals surface area contributed by atoms with Crippen LogP contribution in [0.25, 0.3) is 0 Å². The van der Waals surface area contributed by atoms with E-state index in [9.17, 15) is 9.90 Å². The molecule has 2 N–H and O–H groups in total. The van der Waals surface area contributed by atoms with Crippen LogP contribution in [0.2, 0.25) is 0 Å². The lowest BCUT2D eigenvalue weighted by Crippen LogP contribution is -2.21. The highest BCUT2D eigenvalue weighted by molar-refractivity contribution is 5.75. The van der Waals surface area contributed by atoms with Crippen LogP contribution in [-0.4, -0.2) is 11.0 Å². The minimum Gasteiger partial charge on any atom is -0.507 e. The van der Waals surface area contributed by atoms with Gasteiger partial charge in [-0.3, -0.25) is 4.79 Å². The summed E-state index contributed by atoms with van der Waals surface area (Å²) in [5, 5.41) is 12.5. The molecule has 1 amide bonds. The Bertz CT molecular complexity index is 372. The van der Waals surface area contributed by atoms with E-state index >= 15 is 0 Å². The van der Waals surface area contributed by atoms with Crippen LogP contribution in [0.3, 0.4) is 0 Å². The molecule has 0 unspecified atom stereocenters. The number of amides is 1. The van der Waals surface area contributed by atoms with Gasteiger partial charge in [-0.25, -0.2) is 0 Å². The van der Waals surface area contributed by atoms with E-state index in [1.165, 1.54) is 0 Å². The molecule has 0 saturated carbocycles. The fourth-order valence-electron chi connectivity index (χ4n) is 1.50. The first-order chi connectivity index (χ1) is 7.04. The van der Waals surface area contributed by atoms with Crippen molar-refractivity contribution in [1.82, 2.24) is 5.32 Å². The van der Waals surface area contributed by atoms with Crippen molar-refractivity contribution in [1.29, 1.82) is 0 Å². The number of aromatic hydroxyl groups is 1. The maximum Gasteiger partial charge on any atom is 0.219 e. The van der Waals surface area contributed by atoms with Crippen LogP contribution in [0.5, 0.6) is 5.75 Å². The van der Waals surface area contributed by atoms with Gasteiger partial charge in [0.1, 0.15) is 5.75 Å². The summed E-state index contributed by atoms with van der Waals surface area (Å²) < 4.78 is 0. The fourth-order valence-corrected chi connectivity index (χ4v) is 1.50. The highest BCUT2D eigenvalue weighted by Gasteiger charge is 2.06. The zero-order valence-electron chi connectivity index (χ0n) is 9.42. The van der Waals surface area contributed by atoms with Gasteiger partial charge < -0.3 is 10.4 Å². The minimum atomic E-state index is -0.00596. The summed E-state index contributed by atoms with van der Waals surface area (Å²) in [5.74, 6) is 0.269. The number of rotatable bonds is 3. The molecule has 0 fully saturated rings. The number of aryl methyl sites for hydroxylation is 2. The molecule has 0 heterocycles. The van der Waals surface area contributed by atoms with Crippen molar-refractivity contribution in [3.05, 3.63) is 28.8 Å². The lowest BCUT2D eigenvalue weighted by Gasteiger charge is -2.09. The third kappa shape index (κ3) is 2.98. The van der Waals surface area contributed by atoms with Gasteiger partial charge in [0.05, 0.1) is 0 Å². The zero-order valence-corrected chi connectivity index (χ0v) is 9.42. The summed E-state index contributed by atoms with van der Waals surface area (Å²) in [6, 6.07) is 3.80. The van der Waals surface area contributed by atoms with E-state index in [0.717, 1.165) is 16.7 Å². The molecular weight excluding hydrogens is 190 g/mol. The average Bonchev–Trinajstić information content (AvgIpc) is 2.20. The number of carbonyl (C=O) groups is 1. The summed E-state index contributed by atoms with van der Waals surface area (Å²) in [6.07, 6.45) is 0.464. The van der Waals surface area contributed by atoms with Crippen molar-refractivity contribution in [2.45, 2.75) is 33.7 Å². The van der Waals surface area contributed by atoms with Crippen molar-refractivity contribution in [3.8, 4) is 5.75 Å². The van der Waals surface area contributed by atoms with E-state index in [1.807, 2.05) is 26.0 Å². The van der Waals surface area contributed by atoms with Gasteiger partial charge in [0.2, 0.25) is 5.91 Å². The second kappa shape index (κ2) is 4.82. The summed E-state index contributed by atoms with van der Waals surface area (Å²) in [7, 11) is 0. The Morgan fingerprint density at radius 1 is 1.40 bits per heavy atom. The van der Waals surface area contributed by atoms with Crippen LogP contribution in [0.15, 0.2) is 12.1 Å². The molecule has 0 radical (unpaired) electrons. The Morgan fingerprint density at radius 3 is 2.67 bits per heavy atom. The lowest BCUT2D eigenvalue weighted by molar-refractivity contribution is -0.120. The summed E-state index contributed by atoms with van der Waals surface area (Å²) in [4.78, 5) is 11.1. The first-order valence-corrected chi connectivity index (χ1v) is 5.10. The standard InChI is InChI=1S/C12H17NO2/c1-4-11(14)13-7-10-6-8(2)5-9(3)12(10)15/h5-6,15H,4,7H2,1-3H3,(H,13,14). The summed E-state index contributed by atoms with van der Waals surface area (Å²) in [6.45, 7) is 6.02. The highest BCUT2D eigenvalue weighted by atomic mass is 16.3. The maximum atomic E-state index is 11.1. The van der Waals surface area contributed by atoms with E-state index in [-0.39, 0.29) is 11.7 Å². The van der Waals surface area contributed by atoms with Crippen molar-refractivity contribution < 1.29 is 9.90 Å². The minimum absolute atomic E-state index is 0.00596. The average molecular weight is 207 g/mol. The van der Waals surface area contributed by atoms with Crippen molar-refractivity contribution in [2.75, 3.05) is 0 Å². The molecule has 82 valence electrons. The Balaban J connectivity index is 2.81. The monoisotopic (exact) mass is 207 g/mol. The quantitative estimate of drug-likeness (QED) is 0.796. The molecule has 0 aliphatic rings. The number of phenols is 1. The number of phenolic OH excluding ortho intramolecular Hbond substituents is 1. The SMILES string of the molecule is CCC(=O)NCc1cc(C)cc(C)c1O. The van der Waals surface area contributed by atoms with Crippen molar-refractivity contribution in [2.24, 2.45) is 0 Å². The van der Waals surface area contributed by atoms with Gasteiger partial charge >= 0.3 is 0 Å². The number of benzene rings is 1. The molecular formula is C12H17NO2. The molecule has 3 heteroatoms. The normalized spacial score (nSPS) is 10.1. The number of carbonyl (C=O) groups excluding carboxylic acids is 1. The van der Waals surface area contributed by atoms with E-state index < -0.39 is 0 Å². The van der Waals surface area contributed by atoms with Gasteiger partial charge in [0.25, 0.3) is 0 Å².